The van der Waals surface area contributed by atoms with Crippen LogP contribution in [0.3, 0.4) is 0 Å². The second-order valence-electron chi connectivity index (χ2n) is 12.9. The van der Waals surface area contributed by atoms with Crippen LogP contribution in [-0.4, -0.2) is 31.3 Å². The SMILES string of the molecule is CCCCCCCC/C=C/CCCCCCCC(=O)O[C@H](COC(=O)CCCCCCCCCCCCCCC)COP(=O)([O-])[O-].[Na+].[Na+]. The summed E-state index contributed by atoms with van der Waals surface area (Å²) >= 11 is 0. The zero-order chi connectivity index (χ0) is 34.0. The minimum Gasteiger partial charge on any atom is -0.790 e. The van der Waals surface area contributed by atoms with Crippen molar-refractivity contribution in [3.8, 4) is 0 Å². The van der Waals surface area contributed by atoms with Gasteiger partial charge in [0, 0.05) is 12.8 Å². The Morgan fingerprint density at radius 2 is 0.896 bits per heavy atom. The summed E-state index contributed by atoms with van der Waals surface area (Å²) < 4.78 is 25.7. The molecule has 11 heteroatoms. The van der Waals surface area contributed by atoms with Crippen LogP contribution in [0.15, 0.2) is 12.2 Å². The Balaban J connectivity index is -0.0000101. The maximum atomic E-state index is 12.3. The van der Waals surface area contributed by atoms with Gasteiger partial charge in [-0.15, -0.1) is 0 Å². The van der Waals surface area contributed by atoms with E-state index < -0.39 is 32.5 Å². The van der Waals surface area contributed by atoms with Crippen molar-refractivity contribution in [2.24, 2.45) is 0 Å². The number of hydrogen-bond donors (Lipinski definition) is 0. The van der Waals surface area contributed by atoms with Gasteiger partial charge in [-0.2, -0.15) is 0 Å². The number of carbonyl (C=O) groups is 2. The molecule has 0 aliphatic carbocycles. The zero-order valence-corrected chi connectivity index (χ0v) is 36.6. The molecule has 0 radical (unpaired) electrons. The second-order valence-corrected chi connectivity index (χ2v) is 14.0. The fraction of sp³-hybridized carbons (Fsp3) is 0.892. The van der Waals surface area contributed by atoms with E-state index in [0.29, 0.717) is 12.8 Å². The van der Waals surface area contributed by atoms with Gasteiger partial charge < -0.3 is 28.3 Å². The number of unbranched alkanes of at least 4 members (excludes halogenated alkanes) is 23. The van der Waals surface area contributed by atoms with Crippen LogP contribution in [0.2, 0.25) is 0 Å². The van der Waals surface area contributed by atoms with Crippen LogP contribution in [0.4, 0.5) is 0 Å². The Morgan fingerprint density at radius 3 is 1.29 bits per heavy atom. The molecule has 272 valence electrons. The number of carbonyl (C=O) groups excluding carboxylic acids is 2. The van der Waals surface area contributed by atoms with E-state index in [1.807, 2.05) is 0 Å². The predicted octanol–water partition coefficient (Wildman–Crippen LogP) is 3.81. The molecule has 0 bridgehead atoms. The van der Waals surface area contributed by atoms with Crippen LogP contribution in [0.5, 0.6) is 0 Å². The molecular weight excluding hydrogens is 649 g/mol. The van der Waals surface area contributed by atoms with Gasteiger partial charge >= 0.3 is 71.1 Å². The van der Waals surface area contributed by atoms with E-state index in [1.165, 1.54) is 109 Å². The molecule has 0 saturated carbocycles. The van der Waals surface area contributed by atoms with E-state index in [4.69, 9.17) is 9.47 Å². The van der Waals surface area contributed by atoms with E-state index in [-0.39, 0.29) is 78.6 Å². The van der Waals surface area contributed by atoms with Crippen LogP contribution in [-0.2, 0) is 28.2 Å². The molecule has 0 aromatic rings. The van der Waals surface area contributed by atoms with Crippen LogP contribution in [0.1, 0.15) is 194 Å². The first-order valence-corrected chi connectivity index (χ1v) is 20.4. The van der Waals surface area contributed by atoms with Gasteiger partial charge in [0.05, 0.1) is 14.4 Å². The van der Waals surface area contributed by atoms with Crippen molar-refractivity contribution < 1.29 is 97.1 Å². The third-order valence-corrected chi connectivity index (χ3v) is 8.74. The van der Waals surface area contributed by atoms with Crippen molar-refractivity contribution in [3.05, 3.63) is 12.2 Å². The minimum absolute atomic E-state index is 0. The van der Waals surface area contributed by atoms with Gasteiger partial charge in [0.25, 0.3) is 0 Å². The Hall–Kier alpha value is 0.790. The van der Waals surface area contributed by atoms with E-state index in [2.05, 4.69) is 30.5 Å². The first-order valence-electron chi connectivity index (χ1n) is 18.9. The third kappa shape index (κ3) is 43.0. The summed E-state index contributed by atoms with van der Waals surface area (Å²) in [6.45, 7) is 3.48. The fourth-order valence-corrected chi connectivity index (χ4v) is 5.77. The maximum absolute atomic E-state index is 12.3. The van der Waals surface area contributed by atoms with Crippen LogP contribution in [0.25, 0.3) is 0 Å². The van der Waals surface area contributed by atoms with Crippen LogP contribution >= 0.6 is 7.82 Å². The summed E-state index contributed by atoms with van der Waals surface area (Å²) in [5, 5.41) is 0. The molecule has 0 rings (SSSR count). The number of hydrogen-bond acceptors (Lipinski definition) is 8. The van der Waals surface area contributed by atoms with Gasteiger partial charge in [-0.1, -0.05) is 154 Å². The normalized spacial score (nSPS) is 12.0. The topological polar surface area (TPSA) is 125 Å². The number of esters is 2. The number of phosphoric acid groups is 1. The average molecular weight is 719 g/mol. The van der Waals surface area contributed by atoms with Gasteiger partial charge in [-0.25, -0.2) is 0 Å². The Morgan fingerprint density at radius 1 is 0.542 bits per heavy atom. The van der Waals surface area contributed by atoms with E-state index >= 15 is 0 Å². The number of ether oxygens (including phenoxy) is 2. The van der Waals surface area contributed by atoms with Crippen molar-refractivity contribution in [1.82, 2.24) is 0 Å². The molecule has 0 aromatic heterocycles. The van der Waals surface area contributed by atoms with Crippen molar-refractivity contribution in [3.63, 3.8) is 0 Å². The molecule has 0 N–H and O–H groups in total. The largest absolute Gasteiger partial charge is 1.00 e. The summed E-state index contributed by atoms with van der Waals surface area (Å²) in [6.07, 6.45) is 34.6. The molecule has 48 heavy (non-hydrogen) atoms. The molecule has 0 heterocycles. The summed E-state index contributed by atoms with van der Waals surface area (Å²) in [5.74, 6) is -0.959. The second kappa shape index (κ2) is 40.6. The Kier molecular flexibility index (Phi) is 44.9. The number of allylic oxidation sites excluding steroid dienone is 2. The van der Waals surface area contributed by atoms with Crippen molar-refractivity contribution in [2.45, 2.75) is 200 Å². The predicted molar refractivity (Wildman–Crippen MR) is 184 cm³/mol. The molecule has 0 aliphatic rings. The number of phosphoric ester groups is 1. The first kappa shape index (κ1) is 53.1. The van der Waals surface area contributed by atoms with E-state index in [0.717, 1.165) is 44.9 Å². The smallest absolute Gasteiger partial charge is 0.790 e. The van der Waals surface area contributed by atoms with Gasteiger partial charge in [0.15, 0.2) is 6.10 Å². The van der Waals surface area contributed by atoms with Gasteiger partial charge in [0.1, 0.15) is 6.61 Å². The maximum Gasteiger partial charge on any atom is 1.00 e. The first-order chi connectivity index (χ1) is 22.3. The molecule has 0 amide bonds. The molecule has 0 saturated heterocycles. The number of rotatable bonds is 35. The van der Waals surface area contributed by atoms with Crippen molar-refractivity contribution in [1.29, 1.82) is 0 Å². The van der Waals surface area contributed by atoms with Gasteiger partial charge in [-0.3, -0.25) is 9.59 Å². The molecule has 0 spiro atoms. The van der Waals surface area contributed by atoms with E-state index in [1.54, 1.807) is 0 Å². The summed E-state index contributed by atoms with van der Waals surface area (Å²) in [5.41, 5.74) is 0. The van der Waals surface area contributed by atoms with Gasteiger partial charge in [-0.05, 0) is 38.5 Å². The zero-order valence-electron chi connectivity index (χ0n) is 31.7. The van der Waals surface area contributed by atoms with E-state index in [9.17, 15) is 23.9 Å². The molecule has 0 aliphatic heterocycles. The summed E-state index contributed by atoms with van der Waals surface area (Å²) in [4.78, 5) is 46.4. The van der Waals surface area contributed by atoms with Crippen LogP contribution in [0, 0.1) is 0 Å². The molecule has 8 nitrogen and oxygen atoms in total. The monoisotopic (exact) mass is 718 g/mol. The van der Waals surface area contributed by atoms with Crippen LogP contribution < -0.4 is 68.9 Å². The fourth-order valence-electron chi connectivity index (χ4n) is 5.42. The Bertz CT molecular complexity index is 778. The average Bonchev–Trinajstić information content (AvgIpc) is 3.02. The summed E-state index contributed by atoms with van der Waals surface area (Å²) in [7, 11) is -5.24. The van der Waals surface area contributed by atoms with Crippen molar-refractivity contribution in [2.75, 3.05) is 13.2 Å². The summed E-state index contributed by atoms with van der Waals surface area (Å²) in [6, 6.07) is 0. The molecule has 0 fully saturated rings. The molecule has 0 aromatic carbocycles. The molecular formula is C37H69Na2O8P. The van der Waals surface area contributed by atoms with Crippen molar-refractivity contribution >= 4 is 19.8 Å². The Labute approximate surface area is 339 Å². The molecule has 1 atom stereocenters. The third-order valence-electron chi connectivity index (χ3n) is 8.27. The van der Waals surface area contributed by atoms with Gasteiger partial charge in [0.2, 0.25) is 0 Å². The standard InChI is InChI=1S/C37H71O8P.2Na/c1-3-5-7-9-11-13-15-17-18-20-22-24-26-28-30-32-37(39)45-35(34-44-46(40,41)42)33-43-36(38)31-29-27-25-23-21-19-16-14-12-10-8-6-4-2;;/h17-18,35H,3-16,19-34H2,1-2H3,(H2,40,41,42);;/q;2*+1/p-2/b18-17+;;/t35-;;/m1../s1. The molecule has 0 unspecified atom stereocenters. The minimum atomic E-state index is -5.24. The quantitative estimate of drug-likeness (QED) is 0.0319.